The number of para-hydroxylation sites is 1. The van der Waals surface area contributed by atoms with Crippen molar-refractivity contribution in [3.8, 4) is 0 Å². The van der Waals surface area contributed by atoms with Crippen molar-refractivity contribution in [3.05, 3.63) is 90.5 Å². The highest BCUT2D eigenvalue weighted by Gasteiger charge is 2.27. The molecule has 0 aliphatic carbocycles. The van der Waals surface area contributed by atoms with Gasteiger partial charge in [0, 0.05) is 29.0 Å². The summed E-state index contributed by atoms with van der Waals surface area (Å²) in [7, 11) is -3.94. The molecule has 1 fully saturated rings. The Hall–Kier alpha value is -3.05. The van der Waals surface area contributed by atoms with E-state index in [4.69, 9.17) is 0 Å². The van der Waals surface area contributed by atoms with Crippen molar-refractivity contribution in [1.29, 1.82) is 0 Å². The number of nitrogens with zero attached hydrogens (tertiary/aromatic N) is 1. The molecule has 0 saturated carbocycles. The van der Waals surface area contributed by atoms with Gasteiger partial charge >= 0.3 is 0 Å². The quantitative estimate of drug-likeness (QED) is 0.317. The van der Waals surface area contributed by atoms with Crippen LogP contribution in [0.15, 0.2) is 94.7 Å². The van der Waals surface area contributed by atoms with E-state index >= 15 is 0 Å². The fourth-order valence-corrected chi connectivity index (χ4v) is 6.59. The van der Waals surface area contributed by atoms with Gasteiger partial charge in [-0.05, 0) is 80.4 Å². The molecule has 38 heavy (non-hydrogen) atoms. The van der Waals surface area contributed by atoms with Crippen LogP contribution in [-0.4, -0.2) is 46.4 Å². The van der Waals surface area contributed by atoms with Gasteiger partial charge in [-0.15, -0.1) is 12.4 Å². The fraction of sp³-hybridized carbons (Fsp3) is 0.259. The van der Waals surface area contributed by atoms with E-state index in [2.05, 4.69) is 16.0 Å². The molecule has 0 unspecified atom stereocenters. The van der Waals surface area contributed by atoms with E-state index in [9.17, 15) is 18.0 Å². The van der Waals surface area contributed by atoms with Crippen LogP contribution in [0.4, 0.5) is 5.69 Å². The van der Waals surface area contributed by atoms with E-state index in [1.54, 1.807) is 24.3 Å². The monoisotopic (exact) mass is 574 g/mol. The minimum atomic E-state index is -3.94. The molecule has 3 aromatic rings. The molecule has 2 amide bonds. The highest BCUT2D eigenvalue weighted by molar-refractivity contribution is 8.14. The van der Waals surface area contributed by atoms with Crippen LogP contribution < -0.4 is 19.7 Å². The van der Waals surface area contributed by atoms with Gasteiger partial charge in [0.2, 0.25) is 5.91 Å². The van der Waals surface area contributed by atoms with Crippen LogP contribution in [0, 0.1) is 5.92 Å². The summed E-state index contributed by atoms with van der Waals surface area (Å²) in [6, 6.07) is 23.8. The summed E-state index contributed by atoms with van der Waals surface area (Å²) < 4.78 is 28.4. The Bertz CT molecular complexity index is 1290. The van der Waals surface area contributed by atoms with Gasteiger partial charge in [0.25, 0.3) is 15.9 Å². The van der Waals surface area contributed by atoms with Crippen LogP contribution in [0.25, 0.3) is 0 Å². The Morgan fingerprint density at radius 1 is 0.868 bits per heavy atom. The van der Waals surface area contributed by atoms with Crippen molar-refractivity contribution >= 4 is 51.9 Å². The van der Waals surface area contributed by atoms with Crippen LogP contribution in [0.1, 0.15) is 23.2 Å². The zero-order chi connectivity index (χ0) is 26.1. The van der Waals surface area contributed by atoms with E-state index in [1.807, 2.05) is 36.4 Å². The van der Waals surface area contributed by atoms with Gasteiger partial charge in [0.1, 0.15) is 0 Å². The lowest BCUT2D eigenvalue weighted by Crippen LogP contribution is -2.40. The molecule has 0 bridgehead atoms. The zero-order valence-corrected chi connectivity index (χ0v) is 23.2. The van der Waals surface area contributed by atoms with E-state index in [1.165, 1.54) is 28.0 Å². The molecule has 1 heterocycles. The number of piperidine rings is 1. The molecule has 8 nitrogen and oxygen atoms in total. The Balaban J connectivity index is 0.00000400. The lowest BCUT2D eigenvalue weighted by atomic mass is 9.98. The number of carbonyl (C=O) groups excluding carboxylic acids is 2. The van der Waals surface area contributed by atoms with Gasteiger partial charge in [-0.3, -0.25) is 9.59 Å². The first-order valence-corrected chi connectivity index (χ1v) is 14.3. The maximum Gasteiger partial charge on any atom is 0.274 e. The maximum atomic E-state index is 13.6. The molecule has 3 aromatic carbocycles. The predicted molar refractivity (Wildman–Crippen MR) is 153 cm³/mol. The molecular formula is C27H31ClN4O4S2. The van der Waals surface area contributed by atoms with Gasteiger partial charge in [0.05, 0.1) is 17.1 Å². The number of hydrogen-bond donors (Lipinski definition) is 3. The molecule has 0 spiro atoms. The molecule has 1 aliphatic rings. The van der Waals surface area contributed by atoms with Crippen LogP contribution in [-0.2, 0) is 14.8 Å². The normalized spacial score (nSPS) is 13.7. The van der Waals surface area contributed by atoms with Crippen LogP contribution in [0.2, 0.25) is 0 Å². The molecule has 0 radical (unpaired) electrons. The third kappa shape index (κ3) is 7.97. The SMILES string of the molecule is Cl.O=C(CNC(=O)c1ccc(S(=O)(=O)N(Sc2ccccc2)c2ccccc2)cc1)NCC1CCNCC1. The average molecular weight is 575 g/mol. The van der Waals surface area contributed by atoms with Crippen LogP contribution in [0.5, 0.6) is 0 Å². The molecule has 4 rings (SSSR count). The van der Waals surface area contributed by atoms with E-state index < -0.39 is 15.9 Å². The molecule has 0 atom stereocenters. The first-order valence-electron chi connectivity index (χ1n) is 12.1. The number of anilines is 1. The first kappa shape index (κ1) is 29.5. The number of hydrogen-bond acceptors (Lipinski definition) is 6. The van der Waals surface area contributed by atoms with Crippen LogP contribution in [0.3, 0.4) is 0 Å². The number of benzene rings is 3. The summed E-state index contributed by atoms with van der Waals surface area (Å²) in [5, 5.41) is 8.75. The van der Waals surface area contributed by atoms with E-state index in [0.717, 1.165) is 42.8 Å². The molecule has 3 N–H and O–H groups in total. The predicted octanol–water partition coefficient (Wildman–Crippen LogP) is 3.86. The Morgan fingerprint density at radius 3 is 2.11 bits per heavy atom. The largest absolute Gasteiger partial charge is 0.354 e. The molecule has 0 aromatic heterocycles. The van der Waals surface area contributed by atoms with Gasteiger partial charge in [-0.1, -0.05) is 36.4 Å². The van der Waals surface area contributed by atoms with Crippen molar-refractivity contribution < 1.29 is 18.0 Å². The third-order valence-electron chi connectivity index (χ3n) is 5.99. The summed E-state index contributed by atoms with van der Waals surface area (Å²) >= 11 is 1.10. The Kier molecular flexibility index (Phi) is 11.0. The topological polar surface area (TPSA) is 108 Å². The summed E-state index contributed by atoms with van der Waals surface area (Å²) in [5.74, 6) is -0.243. The summed E-state index contributed by atoms with van der Waals surface area (Å²) in [6.07, 6.45) is 2.04. The summed E-state index contributed by atoms with van der Waals surface area (Å²) in [4.78, 5) is 25.5. The fourth-order valence-electron chi connectivity index (χ4n) is 3.91. The van der Waals surface area contributed by atoms with Gasteiger partial charge in [-0.2, -0.15) is 0 Å². The second-order valence-electron chi connectivity index (χ2n) is 8.68. The highest BCUT2D eigenvalue weighted by Crippen LogP contribution is 2.34. The van der Waals surface area contributed by atoms with Crippen molar-refractivity contribution in [2.45, 2.75) is 22.6 Å². The van der Waals surface area contributed by atoms with Crippen molar-refractivity contribution in [2.75, 3.05) is 29.9 Å². The third-order valence-corrected chi connectivity index (χ3v) is 9.17. The van der Waals surface area contributed by atoms with Gasteiger partial charge in [0.15, 0.2) is 0 Å². The lowest BCUT2D eigenvalue weighted by Gasteiger charge is -2.23. The molecule has 1 aliphatic heterocycles. The standard InChI is InChI=1S/C27H30N4O4S2.ClH/c32-26(29-19-21-15-17-28-18-16-21)20-30-27(33)22-11-13-25(14-12-22)37(34,35)31(23-7-3-1-4-8-23)36-24-9-5-2-6-10-24;/h1-14,21,28H,15-20H2,(H,29,32)(H,30,33);1H. The molecular weight excluding hydrogens is 544 g/mol. The smallest absolute Gasteiger partial charge is 0.274 e. The minimum Gasteiger partial charge on any atom is -0.354 e. The summed E-state index contributed by atoms with van der Waals surface area (Å²) in [6.45, 7) is 2.37. The lowest BCUT2D eigenvalue weighted by molar-refractivity contribution is -0.120. The van der Waals surface area contributed by atoms with Crippen molar-refractivity contribution in [3.63, 3.8) is 0 Å². The molecule has 1 saturated heterocycles. The Morgan fingerprint density at radius 2 is 1.47 bits per heavy atom. The number of rotatable bonds is 10. The van der Waals surface area contributed by atoms with E-state index in [0.29, 0.717) is 18.2 Å². The van der Waals surface area contributed by atoms with E-state index in [-0.39, 0.29) is 35.3 Å². The van der Waals surface area contributed by atoms with Gasteiger partial charge < -0.3 is 16.0 Å². The number of halogens is 1. The van der Waals surface area contributed by atoms with Gasteiger partial charge in [-0.25, -0.2) is 12.1 Å². The highest BCUT2D eigenvalue weighted by atomic mass is 35.5. The van der Waals surface area contributed by atoms with Crippen molar-refractivity contribution in [2.24, 2.45) is 5.92 Å². The maximum absolute atomic E-state index is 13.6. The minimum absolute atomic E-state index is 0. The second-order valence-corrected chi connectivity index (χ2v) is 11.7. The molecule has 202 valence electrons. The van der Waals surface area contributed by atoms with Crippen LogP contribution >= 0.6 is 24.4 Å². The average Bonchev–Trinajstić information content (AvgIpc) is 2.95. The zero-order valence-electron chi connectivity index (χ0n) is 20.7. The number of amides is 2. The summed E-state index contributed by atoms with van der Waals surface area (Å²) in [5.41, 5.74) is 0.778. The number of carbonyl (C=O) groups is 2. The Labute approximate surface area is 234 Å². The second kappa shape index (κ2) is 14.2. The number of nitrogens with one attached hydrogen (secondary N) is 3. The first-order chi connectivity index (χ1) is 17.9. The van der Waals surface area contributed by atoms with Crippen molar-refractivity contribution in [1.82, 2.24) is 16.0 Å². The number of sulfonamides is 1. The molecule has 11 heteroatoms.